The first-order chi connectivity index (χ1) is 16.5. The molecule has 2 aliphatic rings. The van der Waals surface area contributed by atoms with E-state index in [1.54, 1.807) is 23.5 Å². The molecule has 0 fully saturated rings. The van der Waals surface area contributed by atoms with Gasteiger partial charge in [-0.3, -0.25) is 9.52 Å². The zero-order chi connectivity index (χ0) is 25.1. The maximum Gasteiger partial charge on any atom is 0.271 e. The van der Waals surface area contributed by atoms with E-state index in [0.717, 1.165) is 70.6 Å². The predicted molar refractivity (Wildman–Crippen MR) is 141 cm³/mol. The largest absolute Gasteiger partial charge is 0.506 e. The van der Waals surface area contributed by atoms with E-state index in [1.165, 1.54) is 0 Å². The molecule has 9 heteroatoms. The van der Waals surface area contributed by atoms with Crippen molar-refractivity contribution in [1.29, 1.82) is 0 Å². The number of aryl methyl sites for hydroxylation is 1. The second-order valence-electron chi connectivity index (χ2n) is 10.4. The first-order valence-electron chi connectivity index (χ1n) is 11.9. The summed E-state index contributed by atoms with van der Waals surface area (Å²) in [6.45, 7) is 7.58. The summed E-state index contributed by atoms with van der Waals surface area (Å²) in [4.78, 5) is 17.2. The minimum atomic E-state index is -3.58. The van der Waals surface area contributed by atoms with E-state index in [4.69, 9.17) is 0 Å². The average molecular weight is 514 g/mol. The summed E-state index contributed by atoms with van der Waals surface area (Å²) < 4.78 is 28.5. The number of hydrogen-bond acceptors (Lipinski definition) is 5. The highest BCUT2D eigenvalue weighted by molar-refractivity contribution is 7.92. The normalized spacial score (nSPS) is 16.2. The van der Waals surface area contributed by atoms with E-state index in [2.05, 4.69) is 36.1 Å². The fourth-order valence-corrected chi connectivity index (χ4v) is 6.72. The fourth-order valence-electron chi connectivity index (χ4n) is 5.36. The Hall–Kier alpha value is -2.78. The van der Waals surface area contributed by atoms with Crippen LogP contribution in [0.2, 0.25) is 0 Å². The van der Waals surface area contributed by atoms with Crippen LogP contribution in [-0.2, 0) is 29.4 Å². The lowest BCUT2D eigenvalue weighted by Crippen LogP contribution is -2.47. The highest BCUT2D eigenvalue weighted by atomic mass is 32.2. The number of benzene rings is 1. The lowest BCUT2D eigenvalue weighted by molar-refractivity contribution is 0.0558. The van der Waals surface area contributed by atoms with Crippen LogP contribution in [0, 0.1) is 0 Å². The molecule has 0 spiro atoms. The molecule has 0 aliphatic carbocycles. The number of hydrogen-bond donors (Lipinski definition) is 2. The molecule has 0 radical (unpaired) electrons. The fraction of sp³-hybridized carbons (Fsp3) is 0.423. The van der Waals surface area contributed by atoms with Gasteiger partial charge in [-0.15, -0.1) is 11.3 Å². The van der Waals surface area contributed by atoms with Gasteiger partial charge >= 0.3 is 0 Å². The molecule has 5 rings (SSSR count). The Kier molecular flexibility index (Phi) is 5.75. The van der Waals surface area contributed by atoms with Crippen LogP contribution < -0.4 is 4.72 Å². The topological polar surface area (TPSA) is 91.6 Å². The Bertz CT molecular complexity index is 1410. The number of anilines is 1. The third-order valence-electron chi connectivity index (χ3n) is 6.82. The van der Waals surface area contributed by atoms with Crippen molar-refractivity contribution in [2.45, 2.75) is 58.5 Å². The number of nitrogens with one attached hydrogen (secondary N) is 1. The summed E-state index contributed by atoms with van der Waals surface area (Å²) in [7, 11) is -3.58. The van der Waals surface area contributed by atoms with Crippen molar-refractivity contribution in [3.63, 3.8) is 0 Å². The minimum Gasteiger partial charge on any atom is -0.506 e. The molecule has 7 nitrogen and oxygen atoms in total. The van der Waals surface area contributed by atoms with Crippen molar-refractivity contribution in [2.24, 2.45) is 0 Å². The molecule has 2 aromatic heterocycles. The SMILES string of the molecule is CC(C)(C)N1CCCCc2c(-c3cccs3)c3n(c2C1=O)CCc1cc(O)c(NS(C)(=O)=O)cc1-3. The van der Waals surface area contributed by atoms with Crippen LogP contribution in [0.15, 0.2) is 29.6 Å². The van der Waals surface area contributed by atoms with Gasteiger partial charge in [0, 0.05) is 34.6 Å². The van der Waals surface area contributed by atoms with Gasteiger partial charge in [0.15, 0.2) is 0 Å². The van der Waals surface area contributed by atoms with Gasteiger partial charge in [-0.05, 0) is 81.2 Å². The third kappa shape index (κ3) is 4.25. The maximum absolute atomic E-state index is 14.1. The molecule has 35 heavy (non-hydrogen) atoms. The van der Waals surface area contributed by atoms with Crippen LogP contribution in [0.25, 0.3) is 21.7 Å². The summed E-state index contributed by atoms with van der Waals surface area (Å²) >= 11 is 1.64. The number of thiophene rings is 1. The van der Waals surface area contributed by atoms with Gasteiger partial charge in [0.25, 0.3) is 5.91 Å². The average Bonchev–Trinajstić information content (AvgIpc) is 3.36. The highest BCUT2D eigenvalue weighted by Crippen LogP contribution is 2.48. The molecule has 186 valence electrons. The standard InChI is InChI=1S/C26H31N3O4S2/c1-26(2,3)29-11-6-5-8-17-22(21-9-7-13-34-21)23-18-15-19(27-35(4,32)33)20(30)14-16(18)10-12-28(23)24(17)25(29)31/h7,9,13-15,27,30H,5-6,8,10-12H2,1-4H3. The van der Waals surface area contributed by atoms with E-state index in [-0.39, 0.29) is 22.9 Å². The lowest BCUT2D eigenvalue weighted by atomic mass is 9.92. The monoisotopic (exact) mass is 513 g/mol. The van der Waals surface area contributed by atoms with Gasteiger partial charge < -0.3 is 14.6 Å². The van der Waals surface area contributed by atoms with Crippen LogP contribution in [0.4, 0.5) is 5.69 Å². The third-order valence-corrected chi connectivity index (χ3v) is 8.30. The van der Waals surface area contributed by atoms with Gasteiger partial charge in [-0.25, -0.2) is 8.42 Å². The molecular weight excluding hydrogens is 482 g/mol. The Morgan fingerprint density at radius 2 is 1.86 bits per heavy atom. The van der Waals surface area contributed by atoms with Gasteiger partial charge in [-0.1, -0.05) is 6.07 Å². The summed E-state index contributed by atoms with van der Waals surface area (Å²) in [5.74, 6) is -0.0480. The van der Waals surface area contributed by atoms with Crippen LogP contribution in [-0.4, -0.2) is 47.2 Å². The van der Waals surface area contributed by atoms with Gasteiger partial charge in [0.05, 0.1) is 17.6 Å². The van der Waals surface area contributed by atoms with Gasteiger partial charge in [0.2, 0.25) is 10.0 Å². The van der Waals surface area contributed by atoms with E-state index in [9.17, 15) is 18.3 Å². The second-order valence-corrected chi connectivity index (χ2v) is 13.1. The number of carbonyl (C=O) groups is 1. The molecule has 0 saturated carbocycles. The number of aromatic hydroxyl groups is 1. The molecule has 2 N–H and O–H groups in total. The Balaban J connectivity index is 1.81. The Labute approximate surface area is 210 Å². The number of carbonyl (C=O) groups excluding carboxylic acids is 1. The number of phenolic OH excluding ortho intramolecular Hbond substituents is 1. The number of fused-ring (bicyclic) bond motifs is 5. The number of rotatable bonds is 3. The Morgan fingerprint density at radius 3 is 2.51 bits per heavy atom. The van der Waals surface area contributed by atoms with E-state index in [0.29, 0.717) is 13.0 Å². The van der Waals surface area contributed by atoms with Gasteiger partial charge in [-0.2, -0.15) is 0 Å². The summed E-state index contributed by atoms with van der Waals surface area (Å²) in [6.07, 6.45) is 4.45. The molecule has 0 saturated heterocycles. The lowest BCUT2D eigenvalue weighted by Gasteiger charge is -2.37. The maximum atomic E-state index is 14.1. The minimum absolute atomic E-state index is 0.0490. The van der Waals surface area contributed by atoms with Crippen molar-refractivity contribution in [3.8, 4) is 27.4 Å². The van der Waals surface area contributed by atoms with Crippen molar-refractivity contribution in [3.05, 3.63) is 46.5 Å². The molecule has 0 atom stereocenters. The number of amides is 1. The highest BCUT2D eigenvalue weighted by Gasteiger charge is 2.37. The van der Waals surface area contributed by atoms with E-state index >= 15 is 0 Å². The molecule has 1 aromatic carbocycles. The molecule has 1 amide bonds. The smallest absolute Gasteiger partial charge is 0.271 e. The molecule has 0 unspecified atom stereocenters. The molecule has 4 heterocycles. The first-order valence-corrected chi connectivity index (χ1v) is 14.7. The van der Waals surface area contributed by atoms with Crippen LogP contribution in [0.3, 0.4) is 0 Å². The van der Waals surface area contributed by atoms with Crippen molar-refractivity contribution >= 4 is 33.0 Å². The van der Waals surface area contributed by atoms with Crippen LogP contribution >= 0.6 is 11.3 Å². The molecule has 2 aliphatic heterocycles. The zero-order valence-corrected chi connectivity index (χ0v) is 22.1. The molecular formula is C26H31N3O4S2. The van der Waals surface area contributed by atoms with Crippen LogP contribution in [0.1, 0.15) is 55.2 Å². The van der Waals surface area contributed by atoms with Crippen molar-refractivity contribution in [1.82, 2.24) is 9.47 Å². The van der Waals surface area contributed by atoms with E-state index in [1.807, 2.05) is 16.3 Å². The zero-order valence-electron chi connectivity index (χ0n) is 20.5. The summed E-state index contributed by atoms with van der Waals surface area (Å²) in [6, 6.07) is 7.46. The first kappa shape index (κ1) is 23.9. The number of sulfonamides is 1. The Morgan fingerprint density at radius 1 is 1.09 bits per heavy atom. The van der Waals surface area contributed by atoms with Crippen molar-refractivity contribution < 1.29 is 18.3 Å². The van der Waals surface area contributed by atoms with Gasteiger partial charge in [0.1, 0.15) is 11.4 Å². The molecule has 3 aromatic rings. The van der Waals surface area contributed by atoms with Crippen LogP contribution in [0.5, 0.6) is 5.75 Å². The summed E-state index contributed by atoms with van der Waals surface area (Å²) in [5, 5.41) is 12.6. The van der Waals surface area contributed by atoms with Crippen molar-refractivity contribution in [2.75, 3.05) is 17.5 Å². The second kappa shape index (κ2) is 8.41. The molecule has 0 bridgehead atoms. The number of nitrogens with zero attached hydrogens (tertiary/aromatic N) is 2. The number of phenols is 1. The number of aromatic nitrogens is 1. The van der Waals surface area contributed by atoms with E-state index < -0.39 is 10.0 Å². The quantitative estimate of drug-likeness (QED) is 0.477. The predicted octanol–water partition coefficient (Wildman–Crippen LogP) is 5.09. The summed E-state index contributed by atoms with van der Waals surface area (Å²) in [5.41, 5.74) is 5.44.